The highest BCUT2D eigenvalue weighted by Gasteiger charge is 2.31. The lowest BCUT2D eigenvalue weighted by Gasteiger charge is -2.37. The summed E-state index contributed by atoms with van der Waals surface area (Å²) in [6.45, 7) is 5.74. The Morgan fingerprint density at radius 3 is 2.48 bits per heavy atom. The highest BCUT2D eigenvalue weighted by atomic mass is 16.5. The molecule has 0 radical (unpaired) electrons. The van der Waals surface area contributed by atoms with Crippen LogP contribution < -0.4 is 5.32 Å². The van der Waals surface area contributed by atoms with E-state index in [1.165, 1.54) is 11.1 Å². The van der Waals surface area contributed by atoms with Gasteiger partial charge in [0.05, 0.1) is 0 Å². The summed E-state index contributed by atoms with van der Waals surface area (Å²) in [5, 5.41) is 3.48. The lowest BCUT2D eigenvalue weighted by molar-refractivity contribution is -0.142. The van der Waals surface area contributed by atoms with Crippen LogP contribution in [0.3, 0.4) is 0 Å². The predicted octanol–water partition coefficient (Wildman–Crippen LogP) is 1.21. The van der Waals surface area contributed by atoms with Gasteiger partial charge in [-0.3, -0.25) is 14.6 Å². The number of ether oxygens (including phenoxy) is 1. The number of carbonyl (C=O) groups excluding carboxylic acids is 2. The number of guanidine groups is 1. The third-order valence-electron chi connectivity index (χ3n) is 6.40. The highest BCUT2D eigenvalue weighted by Crippen LogP contribution is 2.18. The number of amides is 2. The van der Waals surface area contributed by atoms with Crippen molar-refractivity contribution in [3.63, 3.8) is 0 Å². The predicted molar refractivity (Wildman–Crippen MR) is 118 cm³/mol. The van der Waals surface area contributed by atoms with Crippen LogP contribution in [0.1, 0.15) is 36.8 Å². The van der Waals surface area contributed by atoms with Crippen molar-refractivity contribution >= 4 is 17.8 Å². The zero-order valence-corrected chi connectivity index (χ0v) is 18.4. The van der Waals surface area contributed by atoms with Gasteiger partial charge in [-0.25, -0.2) is 0 Å². The summed E-state index contributed by atoms with van der Waals surface area (Å²) < 4.78 is 5.55. The summed E-state index contributed by atoms with van der Waals surface area (Å²) in [5.74, 6) is 1.22. The van der Waals surface area contributed by atoms with Crippen LogP contribution in [-0.4, -0.2) is 85.0 Å². The number of piperazine rings is 1. The Bertz CT molecular complexity index is 813. The van der Waals surface area contributed by atoms with Gasteiger partial charge in [0.2, 0.25) is 5.91 Å². The Balaban J connectivity index is 1.30. The van der Waals surface area contributed by atoms with Gasteiger partial charge in [0.15, 0.2) is 5.96 Å². The zero-order chi connectivity index (χ0) is 21.6. The van der Waals surface area contributed by atoms with Gasteiger partial charge in [0.25, 0.3) is 5.91 Å². The zero-order valence-electron chi connectivity index (χ0n) is 18.4. The molecular weight excluding hydrogens is 394 g/mol. The van der Waals surface area contributed by atoms with E-state index in [9.17, 15) is 9.59 Å². The van der Waals surface area contributed by atoms with Crippen LogP contribution in [0.2, 0.25) is 0 Å². The van der Waals surface area contributed by atoms with Crippen LogP contribution >= 0.6 is 0 Å². The Kier molecular flexibility index (Phi) is 7.06. The van der Waals surface area contributed by atoms with E-state index < -0.39 is 0 Å². The molecule has 3 heterocycles. The molecule has 0 aliphatic carbocycles. The summed E-state index contributed by atoms with van der Waals surface area (Å²) >= 11 is 0. The number of nitrogens with zero attached hydrogens (tertiary/aromatic N) is 4. The van der Waals surface area contributed by atoms with Gasteiger partial charge < -0.3 is 24.8 Å². The van der Waals surface area contributed by atoms with Gasteiger partial charge >= 0.3 is 0 Å². The Morgan fingerprint density at radius 2 is 1.84 bits per heavy atom. The van der Waals surface area contributed by atoms with Crippen LogP contribution in [0.4, 0.5) is 0 Å². The molecule has 3 aliphatic rings. The van der Waals surface area contributed by atoms with Gasteiger partial charge in [-0.2, -0.15) is 0 Å². The molecule has 3 saturated heterocycles. The summed E-state index contributed by atoms with van der Waals surface area (Å²) in [7, 11) is 1.79. The topological polar surface area (TPSA) is 77.5 Å². The maximum absolute atomic E-state index is 12.6. The van der Waals surface area contributed by atoms with E-state index in [4.69, 9.17) is 4.74 Å². The first-order valence-electron chi connectivity index (χ1n) is 11.4. The summed E-state index contributed by atoms with van der Waals surface area (Å²) in [6, 6.07) is 8.26. The number of nitrogens with one attached hydrogen (secondary N) is 1. The van der Waals surface area contributed by atoms with Crippen LogP contribution in [0, 0.1) is 0 Å². The number of likely N-dealkylation sites (tertiary alicyclic amines) is 1. The highest BCUT2D eigenvalue weighted by molar-refractivity contribution is 5.83. The smallest absolute Gasteiger partial charge is 0.251 e. The third-order valence-corrected chi connectivity index (χ3v) is 6.40. The molecule has 1 aromatic rings. The first-order valence-corrected chi connectivity index (χ1v) is 11.4. The van der Waals surface area contributed by atoms with Crippen molar-refractivity contribution in [1.29, 1.82) is 0 Å². The van der Waals surface area contributed by atoms with E-state index in [1.807, 2.05) is 21.9 Å². The van der Waals surface area contributed by atoms with Gasteiger partial charge in [-0.05, 0) is 30.4 Å². The second kappa shape index (κ2) is 10.1. The quantitative estimate of drug-likeness (QED) is 0.565. The second-order valence-electron chi connectivity index (χ2n) is 8.40. The first kappa shape index (κ1) is 21.6. The van der Waals surface area contributed by atoms with Crippen LogP contribution in [0.25, 0.3) is 0 Å². The molecule has 1 atom stereocenters. The van der Waals surface area contributed by atoms with E-state index in [0.29, 0.717) is 39.2 Å². The molecule has 31 heavy (non-hydrogen) atoms. The molecule has 1 unspecified atom stereocenters. The average Bonchev–Trinajstić information content (AvgIpc) is 3.48. The van der Waals surface area contributed by atoms with Crippen molar-refractivity contribution < 1.29 is 14.3 Å². The normalized spacial score (nSPS) is 22.4. The van der Waals surface area contributed by atoms with Crippen molar-refractivity contribution in [3.05, 3.63) is 35.4 Å². The number of rotatable bonds is 5. The van der Waals surface area contributed by atoms with Crippen molar-refractivity contribution in [2.45, 2.75) is 44.9 Å². The molecule has 3 aliphatic heterocycles. The third kappa shape index (κ3) is 5.18. The second-order valence-corrected chi connectivity index (χ2v) is 8.40. The van der Waals surface area contributed by atoms with Gasteiger partial charge in [-0.15, -0.1) is 0 Å². The Labute approximate surface area is 184 Å². The maximum atomic E-state index is 12.6. The van der Waals surface area contributed by atoms with Gasteiger partial charge in [0.1, 0.15) is 6.10 Å². The average molecular weight is 428 g/mol. The van der Waals surface area contributed by atoms with Gasteiger partial charge in [0, 0.05) is 65.9 Å². The first-order chi connectivity index (χ1) is 15.2. The molecular formula is C23H33N5O3. The van der Waals surface area contributed by atoms with E-state index in [-0.39, 0.29) is 17.9 Å². The fourth-order valence-corrected chi connectivity index (χ4v) is 4.58. The minimum Gasteiger partial charge on any atom is -0.368 e. The monoisotopic (exact) mass is 427 g/mol. The molecule has 1 aromatic carbocycles. The van der Waals surface area contributed by atoms with E-state index in [1.54, 1.807) is 7.05 Å². The lowest BCUT2D eigenvalue weighted by atomic mass is 10.1. The molecule has 0 spiro atoms. The number of carbonyl (C=O) groups is 2. The molecule has 8 heteroatoms. The number of hydrogen-bond acceptors (Lipinski definition) is 4. The lowest BCUT2D eigenvalue weighted by Crippen LogP contribution is -2.55. The molecule has 8 nitrogen and oxygen atoms in total. The minimum atomic E-state index is -0.247. The van der Waals surface area contributed by atoms with E-state index in [0.717, 1.165) is 44.9 Å². The SMILES string of the molecule is CN=C(NCc1ccccc1CN1CCCC1=O)N1CCN(C(=O)C2CCCO2)CC1. The number of aliphatic imine (C=N–C) groups is 1. The van der Waals surface area contributed by atoms with Crippen LogP contribution in [-0.2, 0) is 27.4 Å². The maximum Gasteiger partial charge on any atom is 0.251 e. The molecule has 0 bridgehead atoms. The summed E-state index contributed by atoms with van der Waals surface area (Å²) in [6.07, 6.45) is 3.18. The molecule has 168 valence electrons. The standard InChI is InChI=1S/C23H33N5O3/c1-24-23(27-13-11-26(12-14-27)22(30)20-8-5-15-31-20)25-16-18-6-2-3-7-19(18)17-28-10-4-9-21(28)29/h2-3,6-7,20H,4-5,8-17H2,1H3,(H,24,25). The minimum absolute atomic E-state index is 0.130. The molecule has 3 fully saturated rings. The number of hydrogen-bond donors (Lipinski definition) is 1. The molecule has 0 aromatic heterocycles. The fourth-order valence-electron chi connectivity index (χ4n) is 4.58. The van der Waals surface area contributed by atoms with E-state index in [2.05, 4.69) is 27.3 Å². The number of benzene rings is 1. The molecule has 1 N–H and O–H groups in total. The van der Waals surface area contributed by atoms with Gasteiger partial charge in [-0.1, -0.05) is 24.3 Å². The van der Waals surface area contributed by atoms with Crippen molar-refractivity contribution in [3.8, 4) is 0 Å². The summed E-state index contributed by atoms with van der Waals surface area (Å²) in [4.78, 5) is 35.1. The Hall–Kier alpha value is -2.61. The molecule has 2 amide bonds. The van der Waals surface area contributed by atoms with Crippen molar-refractivity contribution in [2.75, 3.05) is 46.4 Å². The fraction of sp³-hybridized carbons (Fsp3) is 0.609. The van der Waals surface area contributed by atoms with Crippen LogP contribution in [0.15, 0.2) is 29.3 Å². The Morgan fingerprint density at radius 1 is 1.10 bits per heavy atom. The summed E-state index contributed by atoms with van der Waals surface area (Å²) in [5.41, 5.74) is 2.35. The van der Waals surface area contributed by atoms with Crippen LogP contribution in [0.5, 0.6) is 0 Å². The van der Waals surface area contributed by atoms with E-state index >= 15 is 0 Å². The van der Waals surface area contributed by atoms with Crippen molar-refractivity contribution in [1.82, 2.24) is 20.0 Å². The van der Waals surface area contributed by atoms with Crippen molar-refractivity contribution in [2.24, 2.45) is 4.99 Å². The molecule has 4 rings (SSSR count). The molecule has 0 saturated carbocycles. The largest absolute Gasteiger partial charge is 0.368 e.